The van der Waals surface area contributed by atoms with Crippen molar-refractivity contribution in [2.45, 2.75) is 41.5 Å². The maximum atomic E-state index is 8.81. The summed E-state index contributed by atoms with van der Waals surface area (Å²) in [6.45, 7) is 13.2. The summed E-state index contributed by atoms with van der Waals surface area (Å²) < 4.78 is 0. The number of carbonyl (C=O) groups is 1. The Morgan fingerprint density at radius 1 is 1.25 bits per heavy atom. The van der Waals surface area contributed by atoms with Crippen molar-refractivity contribution in [1.82, 2.24) is 5.32 Å². The van der Waals surface area contributed by atoms with Gasteiger partial charge in [0, 0.05) is 0 Å². The van der Waals surface area contributed by atoms with Crippen molar-refractivity contribution in [1.29, 1.82) is 0 Å². The molecular weight excluding hydrogens is 150 g/mol. The maximum Gasteiger partial charge on any atom is 0.116 e. The molecule has 0 aromatic rings. The number of carbonyl (C=O) groups excluding carboxylic acids is 1. The Morgan fingerprint density at radius 2 is 1.50 bits per heavy atom. The van der Waals surface area contributed by atoms with Gasteiger partial charge in [-0.15, -0.1) is 0 Å². The maximum absolute atomic E-state index is 8.81. The number of aldehydes is 1. The van der Waals surface area contributed by atoms with Crippen molar-refractivity contribution >= 4 is 6.29 Å². The minimum Gasteiger partial charge on any atom is -0.319 e. The highest BCUT2D eigenvalue weighted by Crippen LogP contribution is 2.09. The molecule has 12 heavy (non-hydrogen) atoms. The highest BCUT2D eigenvalue weighted by atomic mass is 16.1. The van der Waals surface area contributed by atoms with Gasteiger partial charge in [0.1, 0.15) is 6.29 Å². The minimum absolute atomic E-state index is 0.439. The van der Waals surface area contributed by atoms with Gasteiger partial charge >= 0.3 is 0 Å². The molecule has 0 aliphatic heterocycles. The van der Waals surface area contributed by atoms with Crippen LogP contribution < -0.4 is 5.32 Å². The molecule has 0 spiro atoms. The van der Waals surface area contributed by atoms with E-state index in [0.717, 1.165) is 12.8 Å². The van der Waals surface area contributed by atoms with Crippen molar-refractivity contribution in [2.75, 3.05) is 13.6 Å². The normalized spacial score (nSPS) is 8.58. The van der Waals surface area contributed by atoms with Gasteiger partial charge in [-0.2, -0.15) is 0 Å². The second-order valence-corrected chi connectivity index (χ2v) is 3.33. The Bertz CT molecular complexity index is 74.4. The summed E-state index contributed by atoms with van der Waals surface area (Å²) in [6, 6.07) is 0. The molecule has 0 radical (unpaired) electrons. The van der Waals surface area contributed by atoms with Crippen molar-refractivity contribution in [2.24, 2.45) is 5.41 Å². The molecule has 0 saturated heterocycles. The van der Waals surface area contributed by atoms with Crippen LogP contribution in [-0.2, 0) is 4.79 Å². The Balaban J connectivity index is -0.000000137. The summed E-state index contributed by atoms with van der Waals surface area (Å²) in [4.78, 5) is 8.81. The monoisotopic (exact) mass is 175 g/mol. The summed E-state index contributed by atoms with van der Waals surface area (Å²) in [7, 11) is 1.98. The highest BCUT2D eigenvalue weighted by Gasteiger charge is 2.05. The molecule has 0 aliphatic rings. The van der Waals surface area contributed by atoms with Gasteiger partial charge in [0.15, 0.2) is 0 Å². The van der Waals surface area contributed by atoms with Gasteiger partial charge in [-0.1, -0.05) is 34.6 Å². The molecule has 0 fully saturated rings. The van der Waals surface area contributed by atoms with Crippen LogP contribution in [0.4, 0.5) is 0 Å². The first kappa shape index (κ1) is 17.6. The van der Waals surface area contributed by atoms with Crippen molar-refractivity contribution < 1.29 is 4.79 Å². The Labute approximate surface area is 77.7 Å². The summed E-state index contributed by atoms with van der Waals surface area (Å²) in [5.41, 5.74) is 0.439. The average Bonchev–Trinajstić information content (AvgIpc) is 1.91. The third-order valence-corrected chi connectivity index (χ3v) is 0.707. The molecule has 0 bridgehead atoms. The predicted octanol–water partition coefficient (Wildman–Crippen LogP) is 2.48. The lowest BCUT2D eigenvalue weighted by atomic mass is 9.97. The quantitative estimate of drug-likeness (QED) is 0.620. The lowest BCUT2D eigenvalue weighted by Crippen LogP contribution is -2.22. The van der Waals surface area contributed by atoms with Crippen LogP contribution in [0.1, 0.15) is 41.5 Å². The molecule has 0 aromatic carbocycles. The second-order valence-electron chi connectivity index (χ2n) is 3.33. The summed E-state index contributed by atoms with van der Waals surface area (Å²) >= 11 is 0. The fraction of sp³-hybridized carbons (Fsp3) is 0.900. The van der Waals surface area contributed by atoms with E-state index in [4.69, 9.17) is 4.79 Å². The van der Waals surface area contributed by atoms with E-state index in [-0.39, 0.29) is 0 Å². The Kier molecular flexibility index (Phi) is 19.5. The molecule has 2 heteroatoms. The SMILES string of the molecule is CC.CC=O.CNCC(C)(C)C. The molecule has 0 atom stereocenters. The summed E-state index contributed by atoms with van der Waals surface area (Å²) in [5, 5.41) is 3.11. The van der Waals surface area contributed by atoms with Crippen LogP contribution in [0.25, 0.3) is 0 Å². The first-order chi connectivity index (χ1) is 5.47. The van der Waals surface area contributed by atoms with Gasteiger partial charge < -0.3 is 10.1 Å². The fourth-order valence-corrected chi connectivity index (χ4v) is 0.530. The number of hydrogen-bond donors (Lipinski definition) is 1. The van der Waals surface area contributed by atoms with E-state index in [1.165, 1.54) is 6.92 Å². The third kappa shape index (κ3) is 54.4. The molecule has 0 amide bonds. The van der Waals surface area contributed by atoms with E-state index in [2.05, 4.69) is 26.1 Å². The van der Waals surface area contributed by atoms with Crippen LogP contribution in [0.2, 0.25) is 0 Å². The number of hydrogen-bond acceptors (Lipinski definition) is 2. The molecule has 76 valence electrons. The standard InChI is InChI=1S/C6H15N.C2H4O.C2H6/c1-6(2,3)5-7-4;1-2-3;1-2/h7H,5H2,1-4H3;2H,1H3;1-2H3. The molecule has 0 rings (SSSR count). The van der Waals surface area contributed by atoms with Gasteiger partial charge in [0.05, 0.1) is 0 Å². The largest absolute Gasteiger partial charge is 0.319 e. The van der Waals surface area contributed by atoms with Gasteiger partial charge in [0.25, 0.3) is 0 Å². The third-order valence-electron chi connectivity index (χ3n) is 0.707. The molecule has 2 nitrogen and oxygen atoms in total. The Morgan fingerprint density at radius 3 is 1.50 bits per heavy atom. The number of nitrogens with one attached hydrogen (secondary N) is 1. The highest BCUT2D eigenvalue weighted by molar-refractivity contribution is 5.44. The molecule has 0 saturated carbocycles. The molecule has 1 N–H and O–H groups in total. The van der Waals surface area contributed by atoms with Gasteiger partial charge in [-0.25, -0.2) is 0 Å². The van der Waals surface area contributed by atoms with Crippen molar-refractivity contribution in [3.63, 3.8) is 0 Å². The number of rotatable bonds is 1. The van der Waals surface area contributed by atoms with E-state index in [1.807, 2.05) is 20.9 Å². The van der Waals surface area contributed by atoms with Crippen molar-refractivity contribution in [3.05, 3.63) is 0 Å². The van der Waals surface area contributed by atoms with Crippen LogP contribution in [0.3, 0.4) is 0 Å². The van der Waals surface area contributed by atoms with E-state index in [1.54, 1.807) is 0 Å². The Hall–Kier alpha value is -0.370. The van der Waals surface area contributed by atoms with Crippen LogP contribution >= 0.6 is 0 Å². The topological polar surface area (TPSA) is 29.1 Å². The van der Waals surface area contributed by atoms with Crippen LogP contribution in [-0.4, -0.2) is 19.9 Å². The zero-order chi connectivity index (χ0) is 10.6. The van der Waals surface area contributed by atoms with E-state index < -0.39 is 0 Å². The molecular formula is C10H25NO. The minimum atomic E-state index is 0.439. The second kappa shape index (κ2) is 13.2. The van der Waals surface area contributed by atoms with Crippen LogP contribution in [0.5, 0.6) is 0 Å². The average molecular weight is 175 g/mol. The van der Waals surface area contributed by atoms with E-state index >= 15 is 0 Å². The van der Waals surface area contributed by atoms with Crippen LogP contribution in [0, 0.1) is 5.41 Å². The first-order valence-corrected chi connectivity index (χ1v) is 4.52. The lowest BCUT2D eigenvalue weighted by Gasteiger charge is -2.16. The molecule has 0 unspecified atom stereocenters. The van der Waals surface area contributed by atoms with Gasteiger partial charge in [-0.3, -0.25) is 0 Å². The van der Waals surface area contributed by atoms with Gasteiger partial charge in [-0.05, 0) is 25.9 Å². The summed E-state index contributed by atoms with van der Waals surface area (Å²) in [6.07, 6.45) is 0.750. The fourth-order valence-electron chi connectivity index (χ4n) is 0.530. The molecule has 0 aliphatic carbocycles. The lowest BCUT2D eigenvalue weighted by molar-refractivity contribution is -0.106. The van der Waals surface area contributed by atoms with E-state index in [9.17, 15) is 0 Å². The molecule has 0 heterocycles. The van der Waals surface area contributed by atoms with Gasteiger partial charge in [0.2, 0.25) is 0 Å². The molecule has 0 aromatic heterocycles. The van der Waals surface area contributed by atoms with Crippen LogP contribution in [0.15, 0.2) is 0 Å². The van der Waals surface area contributed by atoms with E-state index in [0.29, 0.717) is 5.41 Å². The smallest absolute Gasteiger partial charge is 0.116 e. The zero-order valence-electron chi connectivity index (χ0n) is 9.69. The van der Waals surface area contributed by atoms with Crippen molar-refractivity contribution in [3.8, 4) is 0 Å². The summed E-state index contributed by atoms with van der Waals surface area (Å²) in [5.74, 6) is 0. The first-order valence-electron chi connectivity index (χ1n) is 4.52. The zero-order valence-corrected chi connectivity index (χ0v) is 9.69. The predicted molar refractivity (Wildman–Crippen MR) is 56.5 cm³/mol.